The largest absolute Gasteiger partial charge is 0.273 e. The summed E-state index contributed by atoms with van der Waals surface area (Å²) in [4.78, 5) is 12.2. The van der Waals surface area contributed by atoms with Gasteiger partial charge in [-0.15, -0.1) is 0 Å². The molecule has 0 radical (unpaired) electrons. The first-order valence-electron chi connectivity index (χ1n) is 8.84. The summed E-state index contributed by atoms with van der Waals surface area (Å²) < 4.78 is 0. The highest BCUT2D eigenvalue weighted by molar-refractivity contribution is 5.85. The lowest BCUT2D eigenvalue weighted by molar-refractivity contribution is -0.122. The molecule has 0 aliphatic heterocycles. The van der Waals surface area contributed by atoms with Crippen molar-refractivity contribution in [3.63, 3.8) is 0 Å². The van der Waals surface area contributed by atoms with Crippen LogP contribution < -0.4 is 5.43 Å². The van der Waals surface area contributed by atoms with Gasteiger partial charge in [0.2, 0.25) is 5.91 Å². The van der Waals surface area contributed by atoms with E-state index in [-0.39, 0.29) is 17.2 Å². The van der Waals surface area contributed by atoms with Crippen molar-refractivity contribution in [1.82, 2.24) is 5.43 Å². The van der Waals surface area contributed by atoms with Gasteiger partial charge in [0.1, 0.15) is 0 Å². The SMILES string of the molecule is Cc1ccc(/C=N\NC(=O)[C@@H]2C[C@@H]2c2ccc(C(C)(C)C)cc2)cc1. The van der Waals surface area contributed by atoms with E-state index in [1.54, 1.807) is 6.21 Å². The normalized spacial score (nSPS) is 19.8. The van der Waals surface area contributed by atoms with E-state index in [1.807, 2.05) is 31.2 Å². The molecule has 3 nitrogen and oxygen atoms in total. The number of aryl methyl sites for hydroxylation is 1. The van der Waals surface area contributed by atoms with Gasteiger partial charge >= 0.3 is 0 Å². The van der Waals surface area contributed by atoms with E-state index in [2.05, 4.69) is 55.6 Å². The van der Waals surface area contributed by atoms with Gasteiger partial charge < -0.3 is 0 Å². The summed E-state index contributed by atoms with van der Waals surface area (Å²) in [5, 5.41) is 4.08. The van der Waals surface area contributed by atoms with Crippen molar-refractivity contribution in [2.24, 2.45) is 11.0 Å². The first-order chi connectivity index (χ1) is 11.8. The predicted octanol–water partition coefficient (Wildman–Crippen LogP) is 4.55. The van der Waals surface area contributed by atoms with Crippen LogP contribution >= 0.6 is 0 Å². The summed E-state index contributed by atoms with van der Waals surface area (Å²) >= 11 is 0. The van der Waals surface area contributed by atoms with Crippen LogP contribution in [-0.2, 0) is 10.2 Å². The molecule has 1 fully saturated rings. The van der Waals surface area contributed by atoms with Crippen LogP contribution in [0.5, 0.6) is 0 Å². The van der Waals surface area contributed by atoms with Crippen LogP contribution in [0.4, 0.5) is 0 Å². The molecule has 2 aromatic rings. The van der Waals surface area contributed by atoms with Gasteiger partial charge in [-0.3, -0.25) is 4.79 Å². The van der Waals surface area contributed by atoms with Crippen molar-refractivity contribution in [3.8, 4) is 0 Å². The maximum atomic E-state index is 12.2. The Hall–Kier alpha value is -2.42. The molecule has 0 aromatic heterocycles. The van der Waals surface area contributed by atoms with Gasteiger partial charge in [0.15, 0.2) is 0 Å². The van der Waals surface area contributed by atoms with Crippen molar-refractivity contribution >= 4 is 12.1 Å². The zero-order valence-corrected chi connectivity index (χ0v) is 15.4. The highest BCUT2D eigenvalue weighted by atomic mass is 16.2. The molecule has 1 N–H and O–H groups in total. The third-order valence-electron chi connectivity index (χ3n) is 4.80. The van der Waals surface area contributed by atoms with Crippen molar-refractivity contribution in [3.05, 3.63) is 70.8 Å². The van der Waals surface area contributed by atoms with Crippen molar-refractivity contribution in [2.45, 2.75) is 45.4 Å². The third kappa shape index (κ3) is 4.36. The van der Waals surface area contributed by atoms with Crippen LogP contribution in [0.1, 0.15) is 55.4 Å². The lowest BCUT2D eigenvalue weighted by Crippen LogP contribution is -2.20. The van der Waals surface area contributed by atoms with E-state index in [0.29, 0.717) is 5.92 Å². The second-order valence-corrected chi connectivity index (χ2v) is 7.97. The Balaban J connectivity index is 1.54. The Morgan fingerprint density at radius 2 is 1.72 bits per heavy atom. The summed E-state index contributed by atoms with van der Waals surface area (Å²) in [5.74, 6) is 0.368. The van der Waals surface area contributed by atoms with E-state index in [4.69, 9.17) is 0 Å². The quantitative estimate of drug-likeness (QED) is 0.647. The van der Waals surface area contributed by atoms with Gasteiger partial charge in [0, 0.05) is 5.92 Å². The van der Waals surface area contributed by atoms with Gasteiger partial charge in [-0.05, 0) is 41.4 Å². The molecule has 0 heterocycles. The molecule has 2 aromatic carbocycles. The monoisotopic (exact) mass is 334 g/mol. The molecule has 0 unspecified atom stereocenters. The number of hydrazone groups is 1. The second-order valence-electron chi connectivity index (χ2n) is 7.97. The van der Waals surface area contributed by atoms with Gasteiger partial charge in [0.25, 0.3) is 0 Å². The summed E-state index contributed by atoms with van der Waals surface area (Å²) in [6.45, 7) is 8.67. The summed E-state index contributed by atoms with van der Waals surface area (Å²) in [6.07, 6.45) is 2.59. The van der Waals surface area contributed by atoms with Gasteiger partial charge in [-0.1, -0.05) is 74.9 Å². The minimum atomic E-state index is 0.00765. The highest BCUT2D eigenvalue weighted by Gasteiger charge is 2.43. The summed E-state index contributed by atoms with van der Waals surface area (Å²) in [5.41, 5.74) is 7.59. The van der Waals surface area contributed by atoms with Crippen LogP contribution in [0.25, 0.3) is 0 Å². The minimum Gasteiger partial charge on any atom is -0.273 e. The Kier molecular flexibility index (Phi) is 4.76. The maximum absolute atomic E-state index is 12.2. The number of carbonyl (C=O) groups is 1. The lowest BCUT2D eigenvalue weighted by atomic mass is 9.86. The van der Waals surface area contributed by atoms with Crippen LogP contribution in [0.2, 0.25) is 0 Å². The molecule has 0 spiro atoms. The zero-order chi connectivity index (χ0) is 18.0. The smallest absolute Gasteiger partial charge is 0.243 e. The van der Waals surface area contributed by atoms with E-state index < -0.39 is 0 Å². The molecular formula is C22H26N2O. The van der Waals surface area contributed by atoms with Gasteiger partial charge in [-0.25, -0.2) is 5.43 Å². The molecule has 3 rings (SSSR count). The first-order valence-corrected chi connectivity index (χ1v) is 8.84. The number of amides is 1. The molecule has 0 bridgehead atoms. The number of hydrogen-bond donors (Lipinski definition) is 1. The molecule has 1 saturated carbocycles. The average molecular weight is 334 g/mol. The summed E-state index contributed by atoms with van der Waals surface area (Å²) in [6, 6.07) is 16.7. The minimum absolute atomic E-state index is 0.00765. The summed E-state index contributed by atoms with van der Waals surface area (Å²) in [7, 11) is 0. The van der Waals surface area contributed by atoms with Crippen LogP contribution in [0.3, 0.4) is 0 Å². The van der Waals surface area contributed by atoms with Crippen molar-refractivity contribution in [1.29, 1.82) is 0 Å². The number of nitrogens with zero attached hydrogens (tertiary/aromatic N) is 1. The Morgan fingerprint density at radius 3 is 2.32 bits per heavy atom. The predicted molar refractivity (Wildman–Crippen MR) is 103 cm³/mol. The Labute approximate surface area is 150 Å². The third-order valence-corrected chi connectivity index (χ3v) is 4.80. The van der Waals surface area contributed by atoms with Crippen LogP contribution in [0, 0.1) is 12.8 Å². The van der Waals surface area contributed by atoms with Crippen molar-refractivity contribution in [2.75, 3.05) is 0 Å². The molecular weight excluding hydrogens is 308 g/mol. The van der Waals surface area contributed by atoms with Gasteiger partial charge in [-0.2, -0.15) is 5.10 Å². The zero-order valence-electron chi connectivity index (χ0n) is 15.4. The molecule has 2 atom stereocenters. The molecule has 130 valence electrons. The number of hydrogen-bond acceptors (Lipinski definition) is 2. The molecule has 1 aliphatic rings. The fourth-order valence-corrected chi connectivity index (χ4v) is 2.99. The fourth-order valence-electron chi connectivity index (χ4n) is 2.99. The first kappa shape index (κ1) is 17.4. The fraction of sp³-hybridized carbons (Fsp3) is 0.364. The van der Waals surface area contributed by atoms with E-state index >= 15 is 0 Å². The topological polar surface area (TPSA) is 41.5 Å². The van der Waals surface area contributed by atoms with Crippen LogP contribution in [-0.4, -0.2) is 12.1 Å². The van der Waals surface area contributed by atoms with E-state index in [0.717, 1.165) is 12.0 Å². The van der Waals surface area contributed by atoms with E-state index in [1.165, 1.54) is 16.7 Å². The van der Waals surface area contributed by atoms with Crippen LogP contribution in [0.15, 0.2) is 53.6 Å². The average Bonchev–Trinajstić information content (AvgIpc) is 3.37. The number of carbonyl (C=O) groups excluding carboxylic acids is 1. The number of benzene rings is 2. The van der Waals surface area contributed by atoms with Crippen molar-refractivity contribution < 1.29 is 4.79 Å². The standard InChI is InChI=1S/C22H26N2O/c1-15-5-7-16(8-6-15)14-23-24-21(25)20-13-19(20)17-9-11-18(12-10-17)22(2,3)4/h5-12,14,19-20H,13H2,1-4H3,(H,24,25)/b23-14-/t19-,20-/m1/s1. The second kappa shape index (κ2) is 6.83. The molecule has 1 aliphatic carbocycles. The number of nitrogens with one attached hydrogen (secondary N) is 1. The Morgan fingerprint density at radius 1 is 1.08 bits per heavy atom. The molecule has 1 amide bonds. The maximum Gasteiger partial charge on any atom is 0.243 e. The van der Waals surface area contributed by atoms with Gasteiger partial charge in [0.05, 0.1) is 6.21 Å². The Bertz CT molecular complexity index is 767. The number of rotatable bonds is 4. The molecule has 3 heteroatoms. The highest BCUT2D eigenvalue weighted by Crippen LogP contribution is 2.47. The molecule has 0 saturated heterocycles. The molecule has 25 heavy (non-hydrogen) atoms. The van der Waals surface area contributed by atoms with E-state index in [9.17, 15) is 4.79 Å². The lowest BCUT2D eigenvalue weighted by Gasteiger charge is -2.19.